The van der Waals surface area contributed by atoms with Crippen molar-refractivity contribution in [1.82, 2.24) is 0 Å². The molecule has 29 heavy (non-hydrogen) atoms. The first-order valence-electron chi connectivity index (χ1n) is 10.1. The quantitative estimate of drug-likeness (QED) is 0.643. The lowest BCUT2D eigenvalue weighted by molar-refractivity contribution is -0.118. The van der Waals surface area contributed by atoms with Crippen molar-refractivity contribution in [2.75, 3.05) is 0 Å². The lowest BCUT2D eigenvalue weighted by Gasteiger charge is -2.34. The maximum Gasteiger partial charge on any atom is 0.217 e. The number of primary amides is 1. The van der Waals surface area contributed by atoms with Crippen molar-refractivity contribution in [3.63, 3.8) is 0 Å². The highest BCUT2D eigenvalue weighted by molar-refractivity contribution is 5.74. The van der Waals surface area contributed by atoms with Gasteiger partial charge in [-0.05, 0) is 51.6 Å². The number of benzene rings is 2. The molecule has 2 rings (SSSR count). The smallest absolute Gasteiger partial charge is 0.217 e. The van der Waals surface area contributed by atoms with Crippen LogP contribution in [-0.4, -0.2) is 16.1 Å². The Hall–Kier alpha value is -2.49. The lowest BCUT2D eigenvalue weighted by Crippen LogP contribution is -2.28. The number of phenols is 2. The number of phenolic OH excluding ortho intramolecular Hbond substituents is 2. The molecule has 1 amide bonds. The van der Waals surface area contributed by atoms with E-state index in [0.717, 1.165) is 22.3 Å². The molecule has 0 bridgehead atoms. The van der Waals surface area contributed by atoms with Crippen molar-refractivity contribution in [1.29, 1.82) is 0 Å². The van der Waals surface area contributed by atoms with E-state index in [1.165, 1.54) is 0 Å². The van der Waals surface area contributed by atoms with Crippen LogP contribution in [-0.2, 0) is 21.0 Å². The molecule has 4 N–H and O–H groups in total. The van der Waals surface area contributed by atoms with Crippen LogP contribution in [0.2, 0.25) is 0 Å². The number of hydrogen-bond acceptors (Lipinski definition) is 3. The summed E-state index contributed by atoms with van der Waals surface area (Å²) >= 11 is 0. The van der Waals surface area contributed by atoms with Crippen molar-refractivity contribution in [3.05, 3.63) is 58.7 Å². The van der Waals surface area contributed by atoms with E-state index >= 15 is 0 Å². The van der Waals surface area contributed by atoms with Gasteiger partial charge in [0.1, 0.15) is 11.5 Å². The Morgan fingerprint density at radius 3 is 1.48 bits per heavy atom. The summed E-state index contributed by atoms with van der Waals surface area (Å²) < 4.78 is 0. The second-order valence-electron chi connectivity index (χ2n) is 10.3. The molecule has 0 aliphatic heterocycles. The van der Waals surface area contributed by atoms with Gasteiger partial charge in [-0.3, -0.25) is 4.79 Å². The van der Waals surface area contributed by atoms with E-state index in [1.54, 1.807) is 12.1 Å². The maximum absolute atomic E-state index is 11.6. The summed E-state index contributed by atoms with van der Waals surface area (Å²) in [6, 6.07) is 11.3. The summed E-state index contributed by atoms with van der Waals surface area (Å²) in [4.78, 5) is 11.6. The molecule has 0 aromatic heterocycles. The minimum atomic E-state index is -0.504. The molecule has 158 valence electrons. The first-order valence-corrected chi connectivity index (χ1v) is 10.1. The second-order valence-corrected chi connectivity index (χ2v) is 10.3. The third kappa shape index (κ3) is 4.92. The Labute approximate surface area is 174 Å². The molecule has 2 aromatic rings. The van der Waals surface area contributed by atoms with Gasteiger partial charge in [0, 0.05) is 11.8 Å². The Bertz CT molecular complexity index is 838. The van der Waals surface area contributed by atoms with Crippen molar-refractivity contribution in [2.45, 2.75) is 77.6 Å². The lowest BCUT2D eigenvalue weighted by atomic mass is 9.70. The summed E-state index contributed by atoms with van der Waals surface area (Å²) in [5.41, 5.74) is 8.25. The fraction of sp³-hybridized carbons (Fsp3) is 0.480. The number of amides is 1. The van der Waals surface area contributed by atoms with E-state index in [-0.39, 0.29) is 34.7 Å². The van der Waals surface area contributed by atoms with Gasteiger partial charge in [-0.1, -0.05) is 72.7 Å². The standard InChI is InChI=1S/C25H35NO3/c1-23(2,3)18-14-16(8-10-20(18)27)25(7,13-12-22(26)29)17-9-11-21(28)19(15-17)24(4,5)6/h8-11,14-15,27-28H,12-13H2,1-7H3,(H2,26,29). The summed E-state index contributed by atoms with van der Waals surface area (Å²) in [5, 5.41) is 20.8. The van der Waals surface area contributed by atoms with Crippen LogP contribution in [0.5, 0.6) is 11.5 Å². The molecule has 0 saturated heterocycles. The van der Waals surface area contributed by atoms with Gasteiger partial charge in [-0.25, -0.2) is 0 Å². The summed E-state index contributed by atoms with van der Waals surface area (Å²) in [5.74, 6) is 0.181. The molecule has 0 aliphatic rings. The molecule has 0 fully saturated rings. The predicted octanol–water partition coefficient (Wildman–Crippen LogP) is 5.26. The Morgan fingerprint density at radius 1 is 0.793 bits per heavy atom. The molecule has 0 atom stereocenters. The molecule has 0 saturated carbocycles. The first kappa shape index (κ1) is 22.8. The first-order chi connectivity index (χ1) is 13.2. The Morgan fingerprint density at radius 2 is 1.17 bits per heavy atom. The molecule has 0 heterocycles. The van der Waals surface area contributed by atoms with E-state index in [9.17, 15) is 15.0 Å². The SMILES string of the molecule is CC(C)(C)c1cc(C(C)(CCC(N)=O)c2ccc(O)c(C(C)(C)C)c2)ccc1O. The van der Waals surface area contributed by atoms with Crippen LogP contribution in [0.4, 0.5) is 0 Å². The Kier molecular flexibility index (Phi) is 6.08. The molecule has 2 aromatic carbocycles. The molecule has 4 heteroatoms. The highest BCUT2D eigenvalue weighted by atomic mass is 16.3. The van der Waals surface area contributed by atoms with E-state index in [4.69, 9.17) is 5.73 Å². The van der Waals surface area contributed by atoms with E-state index in [0.29, 0.717) is 6.42 Å². The zero-order valence-electron chi connectivity index (χ0n) is 18.8. The van der Waals surface area contributed by atoms with Crippen molar-refractivity contribution >= 4 is 5.91 Å². The fourth-order valence-electron chi connectivity index (χ4n) is 3.79. The predicted molar refractivity (Wildman–Crippen MR) is 118 cm³/mol. The van der Waals surface area contributed by atoms with Crippen molar-refractivity contribution < 1.29 is 15.0 Å². The molecular weight excluding hydrogens is 362 g/mol. The van der Waals surface area contributed by atoms with Gasteiger partial charge in [0.25, 0.3) is 0 Å². The van der Waals surface area contributed by atoms with Crippen LogP contribution in [0.1, 0.15) is 83.6 Å². The van der Waals surface area contributed by atoms with E-state index in [1.807, 2.05) is 24.3 Å². The third-order valence-corrected chi connectivity index (χ3v) is 5.75. The number of hydrogen-bond donors (Lipinski definition) is 3. The summed E-state index contributed by atoms with van der Waals surface area (Å²) in [6.07, 6.45) is 0.777. The maximum atomic E-state index is 11.6. The molecule has 0 unspecified atom stereocenters. The van der Waals surface area contributed by atoms with E-state index < -0.39 is 5.41 Å². The van der Waals surface area contributed by atoms with Gasteiger partial charge >= 0.3 is 0 Å². The van der Waals surface area contributed by atoms with Gasteiger partial charge in [-0.2, -0.15) is 0 Å². The van der Waals surface area contributed by atoms with Crippen LogP contribution in [0.3, 0.4) is 0 Å². The minimum absolute atomic E-state index is 0.226. The highest BCUT2D eigenvalue weighted by Crippen LogP contribution is 2.43. The zero-order valence-corrected chi connectivity index (χ0v) is 18.8. The molecular formula is C25H35NO3. The largest absolute Gasteiger partial charge is 0.508 e. The second kappa shape index (κ2) is 7.74. The summed E-state index contributed by atoms with van der Waals surface area (Å²) in [7, 11) is 0. The molecule has 0 aliphatic carbocycles. The number of nitrogens with two attached hydrogens (primary N) is 1. The molecule has 0 spiro atoms. The van der Waals surface area contributed by atoms with Crippen molar-refractivity contribution in [2.24, 2.45) is 5.73 Å². The monoisotopic (exact) mass is 397 g/mol. The van der Waals surface area contributed by atoms with Gasteiger partial charge in [-0.15, -0.1) is 0 Å². The fourth-order valence-corrected chi connectivity index (χ4v) is 3.79. The average molecular weight is 398 g/mol. The van der Waals surface area contributed by atoms with Gasteiger partial charge in [0.2, 0.25) is 5.91 Å². The van der Waals surface area contributed by atoms with Gasteiger partial charge in [0.05, 0.1) is 0 Å². The van der Waals surface area contributed by atoms with Crippen LogP contribution in [0, 0.1) is 0 Å². The van der Waals surface area contributed by atoms with Crippen LogP contribution < -0.4 is 5.73 Å². The molecule has 4 nitrogen and oxygen atoms in total. The topological polar surface area (TPSA) is 83.6 Å². The van der Waals surface area contributed by atoms with Crippen molar-refractivity contribution in [3.8, 4) is 11.5 Å². The highest BCUT2D eigenvalue weighted by Gasteiger charge is 2.33. The molecule has 0 radical (unpaired) electrons. The van der Waals surface area contributed by atoms with Crippen LogP contribution >= 0.6 is 0 Å². The number of aromatic hydroxyl groups is 2. The Balaban J connectivity index is 2.72. The van der Waals surface area contributed by atoms with Gasteiger partial charge in [0.15, 0.2) is 0 Å². The third-order valence-electron chi connectivity index (χ3n) is 5.75. The van der Waals surface area contributed by atoms with Crippen LogP contribution in [0.15, 0.2) is 36.4 Å². The normalized spacial score (nSPS) is 12.8. The number of carbonyl (C=O) groups is 1. The van der Waals surface area contributed by atoms with Gasteiger partial charge < -0.3 is 15.9 Å². The summed E-state index contributed by atoms with van der Waals surface area (Å²) in [6.45, 7) is 14.5. The number of carbonyl (C=O) groups excluding carboxylic acids is 1. The average Bonchev–Trinajstić information content (AvgIpc) is 2.58. The van der Waals surface area contributed by atoms with Crippen LogP contribution in [0.25, 0.3) is 0 Å². The number of rotatable bonds is 5. The van der Waals surface area contributed by atoms with E-state index in [2.05, 4.69) is 48.5 Å². The zero-order chi connectivity index (χ0) is 22.2. The minimum Gasteiger partial charge on any atom is -0.508 e.